The fourth-order valence-corrected chi connectivity index (χ4v) is 11.0. The number of allylic oxidation sites excluding steroid dienone is 2. The number of likely N-dealkylation sites (N-methyl/N-ethyl adjacent to an activating group) is 7. The van der Waals surface area contributed by atoms with Gasteiger partial charge in [0.25, 0.3) is 0 Å². The Morgan fingerprint density at radius 2 is 0.894 bits per heavy atom. The van der Waals surface area contributed by atoms with E-state index in [0.29, 0.717) is 6.42 Å². The predicted octanol–water partition coefficient (Wildman–Crippen LogP) is 4.36. The van der Waals surface area contributed by atoms with E-state index >= 15 is 9.59 Å². The number of nitrogens with zero attached hydrogens (tertiary/aromatic N) is 7. The van der Waals surface area contributed by atoms with Crippen molar-refractivity contribution in [2.45, 2.75) is 223 Å². The van der Waals surface area contributed by atoms with Crippen LogP contribution in [0.3, 0.4) is 0 Å². The van der Waals surface area contributed by atoms with Crippen LogP contribution < -0.4 is 16.0 Å². The summed E-state index contributed by atoms with van der Waals surface area (Å²) in [4.78, 5) is 169. The lowest BCUT2D eigenvalue weighted by Crippen LogP contribution is -2.62. The first-order chi connectivity index (χ1) is 39.2. The molecule has 1 rings (SSSR count). The fourth-order valence-electron chi connectivity index (χ4n) is 11.0. The summed E-state index contributed by atoms with van der Waals surface area (Å²) < 4.78 is 0. The SMILES string of the molecule is C/C=C/C[C@@H](C)[C@@H](O)C1C(=O)CC(CC)C(=O)N(C)CC(=O)N(C)C(CC(C)C)C(=O)NC(C(C)C)C(=O)N(C)C(CC(C)C)C(=O)NC(C)C(=O)NC(C)C(=O)N(C)C(CC(C)C)C(=O)N(C)C(CC(C)C)C(=O)N(C)C(C(C)C)C(=O)N1C. The van der Waals surface area contributed by atoms with Crippen molar-refractivity contribution in [3.8, 4) is 0 Å². The summed E-state index contributed by atoms with van der Waals surface area (Å²) in [6.45, 7) is 29.6. The lowest BCUT2D eigenvalue weighted by molar-refractivity contribution is -0.157. The van der Waals surface area contributed by atoms with Crippen molar-refractivity contribution in [1.82, 2.24) is 50.2 Å². The maximum absolute atomic E-state index is 15.2. The number of aliphatic hydroxyl groups excluding tert-OH is 1. The van der Waals surface area contributed by atoms with Crippen LogP contribution in [0.2, 0.25) is 0 Å². The third-order valence-electron chi connectivity index (χ3n) is 16.4. The average Bonchev–Trinajstić information content (AvgIpc) is 3.62. The molecule has 1 aliphatic heterocycles. The van der Waals surface area contributed by atoms with Crippen LogP contribution in [0.15, 0.2) is 12.2 Å². The molecule has 1 saturated heterocycles. The van der Waals surface area contributed by atoms with E-state index in [1.54, 1.807) is 47.6 Å². The summed E-state index contributed by atoms with van der Waals surface area (Å²) in [5.74, 6) is -10.1. The molecule has 10 amide bonds. The van der Waals surface area contributed by atoms with Gasteiger partial charge in [-0.3, -0.25) is 52.7 Å². The standard InChI is InChI=1S/C63H112N10O12/c1-25-27-28-41(15)54(76)53-49(74)33-44(26-2)59(81)67(18)34-50(75)68(19)45(29-35(3)4)57(79)66-51(39(11)12)62(84)69(20)46(30-36(5)6)56(78)64-42(16)55(77)65-43(17)58(80)70(21)47(31-37(7)8)60(82)71(22)48(32-38(9)10)61(83)72(23)52(40(13)14)63(85)73(53)24/h25,27,35-48,51-54,76H,26,28-34H2,1-24H3,(H,64,78)(H,65,77)(H,66,79)/b27-25+/t41-,42?,43?,44?,45?,46?,47?,48?,51?,52?,53?,54-/m1/s1. The zero-order valence-electron chi connectivity index (χ0n) is 56.3. The normalized spacial score (nSPS) is 27.0. The van der Waals surface area contributed by atoms with Crippen LogP contribution in [0, 0.1) is 47.3 Å². The minimum Gasteiger partial charge on any atom is -0.390 e. The topological polar surface area (TPSA) is 267 Å². The number of carbonyl (C=O) groups excluding carboxylic acids is 11. The fraction of sp³-hybridized carbons (Fsp3) is 0.794. The Hall–Kier alpha value is -5.93. The summed E-state index contributed by atoms with van der Waals surface area (Å²) >= 11 is 0. The van der Waals surface area contributed by atoms with E-state index in [9.17, 15) is 48.3 Å². The quantitative estimate of drug-likeness (QED) is 0.167. The molecule has 1 aliphatic rings. The van der Waals surface area contributed by atoms with Gasteiger partial charge < -0.3 is 55.4 Å². The van der Waals surface area contributed by atoms with Gasteiger partial charge in [-0.25, -0.2) is 0 Å². The maximum Gasteiger partial charge on any atom is 0.246 e. The zero-order chi connectivity index (χ0) is 66.0. The van der Waals surface area contributed by atoms with Gasteiger partial charge in [-0.05, 0) is 101 Å². The molecule has 0 spiro atoms. The van der Waals surface area contributed by atoms with Crippen LogP contribution in [0.25, 0.3) is 0 Å². The molecule has 85 heavy (non-hydrogen) atoms. The summed E-state index contributed by atoms with van der Waals surface area (Å²) in [5.41, 5.74) is 0. The Kier molecular flexibility index (Phi) is 31.8. The number of aliphatic hydroxyl groups is 1. The lowest BCUT2D eigenvalue weighted by atomic mass is 9.86. The molecule has 10 unspecified atom stereocenters. The van der Waals surface area contributed by atoms with Gasteiger partial charge in [-0.15, -0.1) is 0 Å². The molecule has 22 nitrogen and oxygen atoms in total. The van der Waals surface area contributed by atoms with Gasteiger partial charge in [-0.1, -0.05) is 109 Å². The van der Waals surface area contributed by atoms with Crippen LogP contribution in [0.5, 0.6) is 0 Å². The van der Waals surface area contributed by atoms with Crippen LogP contribution in [-0.2, 0) is 52.7 Å². The molecule has 0 saturated carbocycles. The number of ketones is 1. The molecule has 0 radical (unpaired) electrons. The molecular formula is C63H112N10O12. The molecule has 0 aliphatic carbocycles. The summed E-state index contributed by atoms with van der Waals surface area (Å²) in [6, 6.07) is -10.9. The highest BCUT2D eigenvalue weighted by Crippen LogP contribution is 2.27. The summed E-state index contributed by atoms with van der Waals surface area (Å²) in [5, 5.41) is 20.4. The van der Waals surface area contributed by atoms with Crippen molar-refractivity contribution in [3.63, 3.8) is 0 Å². The van der Waals surface area contributed by atoms with Crippen LogP contribution in [0.1, 0.15) is 163 Å². The van der Waals surface area contributed by atoms with Crippen LogP contribution >= 0.6 is 0 Å². The van der Waals surface area contributed by atoms with E-state index < -0.39 is 162 Å². The van der Waals surface area contributed by atoms with Gasteiger partial charge in [-0.2, -0.15) is 0 Å². The Balaban J connectivity index is 4.32. The average molecular weight is 1200 g/mol. The number of rotatable bonds is 15. The third-order valence-corrected chi connectivity index (χ3v) is 16.4. The monoisotopic (exact) mass is 1200 g/mol. The Morgan fingerprint density at radius 1 is 0.482 bits per heavy atom. The van der Waals surface area contributed by atoms with Crippen LogP contribution in [0.4, 0.5) is 0 Å². The summed E-state index contributed by atoms with van der Waals surface area (Å²) in [6.07, 6.45) is 2.88. The molecule has 486 valence electrons. The van der Waals surface area contributed by atoms with E-state index in [-0.39, 0.29) is 55.8 Å². The van der Waals surface area contributed by atoms with Crippen molar-refractivity contribution in [1.29, 1.82) is 0 Å². The van der Waals surface area contributed by atoms with Crippen molar-refractivity contribution in [3.05, 3.63) is 12.2 Å². The molecule has 0 aromatic carbocycles. The van der Waals surface area contributed by atoms with Gasteiger partial charge in [0.1, 0.15) is 54.4 Å². The Bertz CT molecular complexity index is 2320. The van der Waals surface area contributed by atoms with Gasteiger partial charge in [0.05, 0.1) is 12.6 Å². The number of carbonyl (C=O) groups is 11. The molecule has 0 aromatic heterocycles. The second-order valence-electron chi connectivity index (χ2n) is 26.4. The van der Waals surface area contributed by atoms with Crippen LogP contribution in [-0.4, -0.2) is 221 Å². The van der Waals surface area contributed by atoms with E-state index in [1.165, 1.54) is 92.6 Å². The Labute approximate surface area is 509 Å². The highest BCUT2D eigenvalue weighted by atomic mass is 16.3. The highest BCUT2D eigenvalue weighted by Gasteiger charge is 2.45. The van der Waals surface area contributed by atoms with Gasteiger partial charge in [0.2, 0.25) is 59.1 Å². The second-order valence-corrected chi connectivity index (χ2v) is 26.4. The molecule has 0 bridgehead atoms. The third kappa shape index (κ3) is 21.8. The highest BCUT2D eigenvalue weighted by molar-refractivity contribution is 5.99. The largest absolute Gasteiger partial charge is 0.390 e. The smallest absolute Gasteiger partial charge is 0.246 e. The van der Waals surface area contributed by atoms with Crippen molar-refractivity contribution in [2.75, 3.05) is 55.9 Å². The second kappa shape index (κ2) is 35.0. The molecule has 0 aromatic rings. The Morgan fingerprint density at radius 3 is 1.34 bits per heavy atom. The molecule has 1 heterocycles. The number of amides is 10. The molecule has 1 fully saturated rings. The van der Waals surface area contributed by atoms with Gasteiger partial charge in [0.15, 0.2) is 5.78 Å². The number of hydrogen-bond acceptors (Lipinski definition) is 12. The van der Waals surface area contributed by atoms with Crippen molar-refractivity contribution >= 4 is 64.9 Å². The first-order valence-corrected chi connectivity index (χ1v) is 30.8. The van der Waals surface area contributed by atoms with Crippen molar-refractivity contribution in [2.24, 2.45) is 47.3 Å². The van der Waals surface area contributed by atoms with Crippen molar-refractivity contribution < 1.29 is 57.8 Å². The molecular weight excluding hydrogens is 1090 g/mol. The van der Waals surface area contributed by atoms with Gasteiger partial charge >= 0.3 is 0 Å². The maximum atomic E-state index is 15.2. The summed E-state index contributed by atoms with van der Waals surface area (Å²) in [7, 11) is 10.0. The molecule has 12 atom stereocenters. The number of hydrogen-bond donors (Lipinski definition) is 4. The number of Topliss-reactive ketones (excluding diaryl/α,β-unsaturated/α-hetero) is 1. The molecule has 22 heteroatoms. The minimum atomic E-state index is -1.50. The van der Waals surface area contributed by atoms with E-state index in [4.69, 9.17) is 0 Å². The van der Waals surface area contributed by atoms with E-state index in [1.807, 2.05) is 68.4 Å². The molecule has 4 N–H and O–H groups in total. The first-order valence-electron chi connectivity index (χ1n) is 30.8. The van der Waals surface area contributed by atoms with Gasteiger partial charge in [0, 0.05) is 61.7 Å². The predicted molar refractivity (Wildman–Crippen MR) is 330 cm³/mol. The van der Waals surface area contributed by atoms with E-state index in [2.05, 4.69) is 16.0 Å². The minimum absolute atomic E-state index is 0.125. The van der Waals surface area contributed by atoms with E-state index in [0.717, 1.165) is 4.90 Å². The zero-order valence-corrected chi connectivity index (χ0v) is 56.3. The first kappa shape index (κ1) is 77.1. The lowest BCUT2D eigenvalue weighted by Gasteiger charge is -2.41. The number of nitrogens with one attached hydrogen (secondary N) is 3.